The number of hydrogen-bond donors (Lipinski definition) is 4. The van der Waals surface area contributed by atoms with E-state index < -0.39 is 24.2 Å². The van der Waals surface area contributed by atoms with Crippen molar-refractivity contribution < 1.29 is 34.4 Å². The van der Waals surface area contributed by atoms with Gasteiger partial charge in [-0.2, -0.15) is 0 Å². The number of ether oxygens (including phenoxy) is 2. The molecule has 7 atom stereocenters. The second-order valence-electron chi connectivity index (χ2n) is 13.7. The van der Waals surface area contributed by atoms with Crippen molar-refractivity contribution in [1.29, 1.82) is 0 Å². The number of aliphatic hydroxyl groups is 3. The van der Waals surface area contributed by atoms with Crippen LogP contribution < -0.4 is 14.8 Å². The number of amides is 2. The quantitative estimate of drug-likeness (QED) is 0.353. The van der Waals surface area contributed by atoms with Crippen LogP contribution in [-0.4, -0.2) is 77.1 Å². The molecule has 9 heteroatoms. The minimum atomic E-state index is -1.07. The van der Waals surface area contributed by atoms with Crippen LogP contribution in [0.2, 0.25) is 0 Å². The zero-order valence-electron chi connectivity index (χ0n) is 25.1. The smallest absolute Gasteiger partial charge is 0.247 e. The van der Waals surface area contributed by atoms with E-state index in [0.717, 1.165) is 44.4 Å². The lowest BCUT2D eigenvalue weighted by atomic mass is 9.45. The number of carbonyl (C=O) groups excluding carboxylic acids is 2. The zero-order chi connectivity index (χ0) is 29.8. The fraction of sp³-hybridized carbons (Fsp3) is 0.697. The van der Waals surface area contributed by atoms with Gasteiger partial charge in [0.25, 0.3) is 0 Å². The molecule has 6 aliphatic rings. The van der Waals surface area contributed by atoms with E-state index in [1.165, 1.54) is 13.5 Å². The minimum Gasteiger partial charge on any atom is -0.493 e. The summed E-state index contributed by atoms with van der Waals surface area (Å²) in [6.45, 7) is 4.91. The van der Waals surface area contributed by atoms with Gasteiger partial charge in [0.15, 0.2) is 11.5 Å². The number of carbonyl (C=O) groups is 2. The first-order chi connectivity index (χ1) is 20.2. The Morgan fingerprint density at radius 2 is 1.90 bits per heavy atom. The average Bonchev–Trinajstić information content (AvgIpc) is 3.67. The lowest BCUT2D eigenvalue weighted by molar-refractivity contribution is -0.150. The molecule has 4 N–H and O–H groups in total. The molecule has 5 aliphatic carbocycles. The average molecular weight is 583 g/mol. The summed E-state index contributed by atoms with van der Waals surface area (Å²) in [6.07, 6.45) is 7.06. The molecular weight excluding hydrogens is 536 g/mol. The fourth-order valence-corrected chi connectivity index (χ4v) is 8.82. The summed E-state index contributed by atoms with van der Waals surface area (Å²) in [6, 6.07) is 2.76. The Kier molecular flexibility index (Phi) is 8.04. The summed E-state index contributed by atoms with van der Waals surface area (Å²) >= 11 is 0. The minimum absolute atomic E-state index is 0.0660. The molecule has 230 valence electrons. The van der Waals surface area contributed by atoms with Crippen LogP contribution >= 0.6 is 0 Å². The van der Waals surface area contributed by atoms with Crippen LogP contribution in [0.5, 0.6) is 11.5 Å². The predicted octanol–water partition coefficient (Wildman–Crippen LogP) is 2.90. The highest BCUT2D eigenvalue weighted by Gasteiger charge is 2.56. The predicted molar refractivity (Wildman–Crippen MR) is 156 cm³/mol. The Morgan fingerprint density at radius 3 is 2.55 bits per heavy atom. The third kappa shape index (κ3) is 4.81. The number of benzene rings is 1. The largest absolute Gasteiger partial charge is 0.493 e. The van der Waals surface area contributed by atoms with E-state index in [2.05, 4.69) is 19.2 Å². The molecular formula is C33H46N2O7. The summed E-state index contributed by atoms with van der Waals surface area (Å²) in [5.41, 5.74) is 1.92. The van der Waals surface area contributed by atoms with Crippen molar-refractivity contribution in [2.75, 3.05) is 26.8 Å². The first-order valence-corrected chi connectivity index (χ1v) is 15.8. The van der Waals surface area contributed by atoms with E-state index in [9.17, 15) is 24.9 Å². The molecule has 0 saturated heterocycles. The molecule has 42 heavy (non-hydrogen) atoms. The Hall–Kier alpha value is -2.62. The standard InChI is InChI=1S/C33H46N2O7/c1-33(2)21-9-8-20(24(33)14-21)16-35(32(40)19-6-4-5-7-19)25-15-23(31(39)34-10-11-36)27-22-12-18(17-37)13-26(41-3)29(22)42-30(27)28(25)38/h12-13,15,19-21,24-25,27-28,30,36-38H,4-11,14,16-17H2,1-3H3,(H,34,39)/t20-,21-,24-,25+,27-,28-,30-/m0/s1. The van der Waals surface area contributed by atoms with E-state index in [1.807, 2.05) is 4.90 Å². The van der Waals surface area contributed by atoms with E-state index in [0.29, 0.717) is 46.6 Å². The Bertz CT molecular complexity index is 1240. The van der Waals surface area contributed by atoms with Crippen molar-refractivity contribution in [3.63, 3.8) is 0 Å². The molecule has 1 aromatic carbocycles. The second kappa shape index (κ2) is 11.5. The molecule has 2 amide bonds. The Labute approximate surface area is 248 Å². The van der Waals surface area contributed by atoms with Crippen LogP contribution in [0.3, 0.4) is 0 Å². The third-order valence-corrected chi connectivity index (χ3v) is 11.3. The maximum absolute atomic E-state index is 14.3. The number of fused-ring (bicyclic) bond motifs is 5. The van der Waals surface area contributed by atoms with Gasteiger partial charge in [-0.1, -0.05) is 26.7 Å². The summed E-state index contributed by atoms with van der Waals surface area (Å²) in [4.78, 5) is 29.8. The molecule has 9 nitrogen and oxygen atoms in total. The van der Waals surface area contributed by atoms with Gasteiger partial charge in [0.2, 0.25) is 11.8 Å². The van der Waals surface area contributed by atoms with Gasteiger partial charge in [0.05, 0.1) is 32.3 Å². The van der Waals surface area contributed by atoms with Gasteiger partial charge in [-0.3, -0.25) is 9.59 Å². The van der Waals surface area contributed by atoms with Crippen LogP contribution in [-0.2, 0) is 16.2 Å². The molecule has 7 rings (SSSR count). The Balaban J connectivity index is 1.40. The number of methoxy groups -OCH3 is 1. The number of nitrogens with one attached hydrogen (secondary N) is 1. The van der Waals surface area contributed by atoms with Crippen molar-refractivity contribution >= 4 is 11.8 Å². The molecule has 0 spiro atoms. The van der Waals surface area contributed by atoms with E-state index in [-0.39, 0.29) is 42.9 Å². The molecule has 4 saturated carbocycles. The van der Waals surface area contributed by atoms with Crippen molar-refractivity contribution in [3.05, 3.63) is 34.9 Å². The normalized spacial score (nSPS) is 32.6. The van der Waals surface area contributed by atoms with E-state index >= 15 is 0 Å². The maximum atomic E-state index is 14.3. The number of aliphatic hydroxyl groups excluding tert-OH is 3. The lowest BCUT2D eigenvalue weighted by Crippen LogP contribution is -2.60. The van der Waals surface area contributed by atoms with Crippen LogP contribution in [0.1, 0.15) is 75.8 Å². The van der Waals surface area contributed by atoms with Gasteiger partial charge in [-0.05, 0) is 79.0 Å². The molecule has 4 fully saturated rings. The number of nitrogens with zero attached hydrogens (tertiary/aromatic N) is 1. The summed E-state index contributed by atoms with van der Waals surface area (Å²) in [7, 11) is 1.52. The summed E-state index contributed by atoms with van der Waals surface area (Å²) in [5, 5.41) is 34.2. The van der Waals surface area contributed by atoms with Gasteiger partial charge in [0.1, 0.15) is 12.2 Å². The first-order valence-electron chi connectivity index (χ1n) is 15.8. The highest BCUT2D eigenvalue weighted by atomic mass is 16.5. The third-order valence-electron chi connectivity index (χ3n) is 11.3. The van der Waals surface area contributed by atoms with E-state index in [4.69, 9.17) is 9.47 Å². The molecule has 1 aromatic rings. The topological polar surface area (TPSA) is 129 Å². The van der Waals surface area contributed by atoms with Crippen molar-refractivity contribution in [2.24, 2.45) is 29.1 Å². The highest BCUT2D eigenvalue weighted by Crippen LogP contribution is 2.61. The van der Waals surface area contributed by atoms with Gasteiger partial charge < -0.3 is 35.0 Å². The monoisotopic (exact) mass is 582 g/mol. The van der Waals surface area contributed by atoms with Crippen LogP contribution in [0.15, 0.2) is 23.8 Å². The van der Waals surface area contributed by atoms with E-state index in [1.54, 1.807) is 18.2 Å². The maximum Gasteiger partial charge on any atom is 0.247 e. The molecule has 0 unspecified atom stereocenters. The number of hydrogen-bond acceptors (Lipinski definition) is 7. The van der Waals surface area contributed by atoms with Crippen molar-refractivity contribution in [3.8, 4) is 11.5 Å². The second-order valence-corrected chi connectivity index (χ2v) is 13.7. The van der Waals surface area contributed by atoms with Crippen LogP contribution in [0.25, 0.3) is 0 Å². The highest BCUT2D eigenvalue weighted by molar-refractivity contribution is 5.96. The summed E-state index contributed by atoms with van der Waals surface area (Å²) < 4.78 is 12.0. The van der Waals surface area contributed by atoms with Gasteiger partial charge in [-0.15, -0.1) is 0 Å². The van der Waals surface area contributed by atoms with Gasteiger partial charge in [-0.25, -0.2) is 0 Å². The van der Waals surface area contributed by atoms with Crippen molar-refractivity contribution in [1.82, 2.24) is 10.2 Å². The Morgan fingerprint density at radius 1 is 1.14 bits per heavy atom. The molecule has 0 aromatic heterocycles. The SMILES string of the molecule is COc1cc(CO)cc2c1O[C@@H]1[C@@H](O)[C@H](N(C[C@@H]3CC[C@H]4C[C@@H]3C4(C)C)C(=O)C3CCCC3)C=C(C(=O)NCCO)[C@H]21. The zero-order valence-corrected chi connectivity index (χ0v) is 25.1. The first kappa shape index (κ1) is 29.5. The van der Waals surface area contributed by atoms with Gasteiger partial charge >= 0.3 is 0 Å². The molecule has 2 bridgehead atoms. The summed E-state index contributed by atoms with van der Waals surface area (Å²) in [5.74, 6) is 1.49. The molecule has 1 heterocycles. The number of rotatable bonds is 9. The fourth-order valence-electron chi connectivity index (χ4n) is 8.82. The van der Waals surface area contributed by atoms with Crippen LogP contribution in [0, 0.1) is 29.1 Å². The van der Waals surface area contributed by atoms with Crippen molar-refractivity contribution in [2.45, 2.75) is 89.6 Å². The van der Waals surface area contributed by atoms with Crippen LogP contribution in [0.4, 0.5) is 0 Å². The molecule has 1 aliphatic heterocycles. The lowest BCUT2D eigenvalue weighted by Gasteiger charge is -2.61. The van der Waals surface area contributed by atoms with Gasteiger partial charge in [0, 0.05) is 30.1 Å². The molecule has 0 radical (unpaired) electrons.